The second-order valence-electron chi connectivity index (χ2n) is 6.68. The van der Waals surface area contributed by atoms with Crippen molar-refractivity contribution in [3.63, 3.8) is 0 Å². The lowest BCUT2D eigenvalue weighted by atomic mass is 9.93. The minimum atomic E-state index is -0.261. The van der Waals surface area contributed by atoms with Crippen molar-refractivity contribution in [2.45, 2.75) is 19.9 Å². The van der Waals surface area contributed by atoms with E-state index in [0.29, 0.717) is 18.5 Å². The number of aryl methyl sites for hydroxylation is 1. The maximum Gasteiger partial charge on any atom is 0.142 e. The van der Waals surface area contributed by atoms with E-state index in [9.17, 15) is 9.65 Å². The number of nitrogens with zero attached hydrogens (tertiary/aromatic N) is 5. The lowest BCUT2D eigenvalue weighted by molar-refractivity contribution is 0.626. The molecule has 0 saturated heterocycles. The third kappa shape index (κ3) is 2.79. The highest BCUT2D eigenvalue weighted by molar-refractivity contribution is 5.78. The average Bonchev–Trinajstić information content (AvgIpc) is 2.99. The summed E-state index contributed by atoms with van der Waals surface area (Å²) in [5, 5.41) is 9.72. The van der Waals surface area contributed by atoms with Crippen molar-refractivity contribution in [2.24, 2.45) is 7.05 Å². The average molecular weight is 362 g/mol. The van der Waals surface area contributed by atoms with Gasteiger partial charge in [-0.05, 0) is 31.2 Å². The molecule has 4 rings (SSSR count). The molecule has 2 aromatic heterocycles. The van der Waals surface area contributed by atoms with Crippen LogP contribution >= 0.6 is 0 Å². The summed E-state index contributed by atoms with van der Waals surface area (Å²) in [4.78, 5) is 11.0. The number of aromatic nitrogens is 3. The number of imidazole rings is 1. The van der Waals surface area contributed by atoms with Gasteiger partial charge in [-0.3, -0.25) is 0 Å². The van der Waals surface area contributed by atoms with Gasteiger partial charge in [0.05, 0.1) is 17.6 Å². The fraction of sp³-hybridized carbons (Fsp3) is 0.250. The van der Waals surface area contributed by atoms with Crippen LogP contribution in [0, 0.1) is 24.1 Å². The third-order valence-electron chi connectivity index (χ3n) is 5.16. The highest BCUT2D eigenvalue weighted by Gasteiger charge is 2.27. The Hall–Kier alpha value is -3.40. The Morgan fingerprint density at radius 1 is 1.26 bits per heavy atom. The van der Waals surface area contributed by atoms with E-state index in [2.05, 4.69) is 20.9 Å². The number of pyridine rings is 1. The van der Waals surface area contributed by atoms with Gasteiger partial charge in [0, 0.05) is 43.4 Å². The van der Waals surface area contributed by atoms with Crippen molar-refractivity contribution in [1.29, 1.82) is 5.26 Å². The number of hydrogen-bond donors (Lipinski definition) is 1. The Labute approximate surface area is 156 Å². The summed E-state index contributed by atoms with van der Waals surface area (Å²) in [6.07, 6.45) is 2.47. The van der Waals surface area contributed by atoms with Crippen LogP contribution in [-0.4, -0.2) is 21.1 Å². The molecule has 1 aliphatic rings. The van der Waals surface area contributed by atoms with Crippen molar-refractivity contribution in [3.8, 4) is 17.3 Å². The van der Waals surface area contributed by atoms with E-state index < -0.39 is 0 Å². The lowest BCUT2D eigenvalue weighted by Crippen LogP contribution is -2.32. The van der Waals surface area contributed by atoms with E-state index in [-0.39, 0.29) is 11.6 Å². The first-order valence-electron chi connectivity index (χ1n) is 8.70. The molecule has 0 fully saturated rings. The predicted octanol–water partition coefficient (Wildman–Crippen LogP) is 2.95. The smallest absolute Gasteiger partial charge is 0.142 e. The van der Waals surface area contributed by atoms with Gasteiger partial charge in [-0.2, -0.15) is 5.26 Å². The molecule has 0 amide bonds. The molecule has 6 nitrogen and oxygen atoms in total. The van der Waals surface area contributed by atoms with Crippen LogP contribution in [-0.2, 0) is 20.0 Å². The summed E-state index contributed by atoms with van der Waals surface area (Å²) < 4.78 is 15.2. The number of rotatable bonds is 2. The van der Waals surface area contributed by atoms with Gasteiger partial charge < -0.3 is 15.2 Å². The first kappa shape index (κ1) is 17.0. The lowest BCUT2D eigenvalue weighted by Gasteiger charge is -2.32. The van der Waals surface area contributed by atoms with Crippen LogP contribution in [0.3, 0.4) is 0 Å². The summed E-state index contributed by atoms with van der Waals surface area (Å²) in [6.45, 7) is 3.24. The molecule has 0 saturated carbocycles. The molecule has 0 aliphatic carbocycles. The number of anilines is 2. The molecule has 1 aliphatic heterocycles. The van der Waals surface area contributed by atoms with Crippen molar-refractivity contribution in [3.05, 3.63) is 58.9 Å². The molecule has 3 aromatic rings. The molecule has 0 spiro atoms. The van der Waals surface area contributed by atoms with Crippen LogP contribution in [0.2, 0.25) is 0 Å². The fourth-order valence-corrected chi connectivity index (χ4v) is 3.58. The number of nitrogens with two attached hydrogens (primary N) is 1. The van der Waals surface area contributed by atoms with Crippen LogP contribution in [0.25, 0.3) is 11.3 Å². The highest BCUT2D eigenvalue weighted by Crippen LogP contribution is 2.36. The molecule has 1 aromatic carbocycles. The third-order valence-corrected chi connectivity index (χ3v) is 5.16. The quantitative estimate of drug-likeness (QED) is 0.758. The Morgan fingerprint density at radius 3 is 2.63 bits per heavy atom. The van der Waals surface area contributed by atoms with Crippen molar-refractivity contribution in [1.82, 2.24) is 14.5 Å². The normalized spacial score (nSPS) is 13.3. The number of halogens is 1. The minimum absolute atomic E-state index is 0.250. The zero-order valence-corrected chi connectivity index (χ0v) is 15.2. The topological polar surface area (TPSA) is 83.8 Å². The standard InChI is InChI=1S/C20H19FN6/c1-12-24-10-18(26(12)2)19-15(9-22)20(23)25-17-7-8-27(11-16(17)19)14-5-3-13(21)4-6-14/h3-6,10H,7-8,11H2,1-2H3,(H2,23,25). The van der Waals surface area contributed by atoms with Gasteiger partial charge in [0.2, 0.25) is 0 Å². The molecule has 0 radical (unpaired) electrons. The van der Waals surface area contributed by atoms with Gasteiger partial charge in [-0.1, -0.05) is 0 Å². The summed E-state index contributed by atoms with van der Waals surface area (Å²) in [7, 11) is 1.92. The van der Waals surface area contributed by atoms with Crippen LogP contribution in [0.1, 0.15) is 22.6 Å². The number of benzene rings is 1. The molecular formula is C20H19FN6. The summed E-state index contributed by atoms with van der Waals surface area (Å²) >= 11 is 0. The van der Waals surface area contributed by atoms with E-state index in [1.54, 1.807) is 18.3 Å². The molecule has 7 heteroatoms. The van der Waals surface area contributed by atoms with E-state index in [0.717, 1.165) is 40.6 Å². The maximum atomic E-state index is 13.3. The Morgan fingerprint density at radius 2 is 2.00 bits per heavy atom. The zero-order valence-electron chi connectivity index (χ0n) is 15.2. The minimum Gasteiger partial charge on any atom is -0.383 e. The Bertz CT molecular complexity index is 1060. The molecular weight excluding hydrogens is 343 g/mol. The Balaban J connectivity index is 1.88. The van der Waals surface area contributed by atoms with Gasteiger partial charge in [0.25, 0.3) is 0 Å². The summed E-state index contributed by atoms with van der Waals surface area (Å²) in [5.41, 5.74) is 10.9. The number of nitriles is 1. The predicted molar refractivity (Wildman–Crippen MR) is 101 cm³/mol. The van der Waals surface area contributed by atoms with Gasteiger partial charge in [-0.25, -0.2) is 14.4 Å². The summed E-state index contributed by atoms with van der Waals surface area (Å²) in [6, 6.07) is 8.66. The molecule has 27 heavy (non-hydrogen) atoms. The van der Waals surface area contributed by atoms with Gasteiger partial charge >= 0.3 is 0 Å². The second kappa shape index (κ2) is 6.40. The maximum absolute atomic E-state index is 13.3. The SMILES string of the molecule is Cc1ncc(-c2c(C#N)c(N)nc3c2CN(c2ccc(F)cc2)CC3)n1C. The van der Waals surface area contributed by atoms with Gasteiger partial charge in [0.15, 0.2) is 0 Å². The Kier molecular flexibility index (Phi) is 4.04. The van der Waals surface area contributed by atoms with E-state index in [1.807, 2.05) is 18.5 Å². The second-order valence-corrected chi connectivity index (χ2v) is 6.68. The number of nitrogen functional groups attached to an aromatic ring is 1. The highest BCUT2D eigenvalue weighted by atomic mass is 19.1. The van der Waals surface area contributed by atoms with Crippen molar-refractivity contribution < 1.29 is 4.39 Å². The molecule has 2 N–H and O–H groups in total. The van der Waals surface area contributed by atoms with Crippen molar-refractivity contribution >= 4 is 11.5 Å². The molecule has 0 atom stereocenters. The zero-order chi connectivity index (χ0) is 19.1. The molecule has 136 valence electrons. The summed E-state index contributed by atoms with van der Waals surface area (Å²) in [5.74, 6) is 0.841. The monoisotopic (exact) mass is 362 g/mol. The van der Waals surface area contributed by atoms with E-state index >= 15 is 0 Å². The fourth-order valence-electron chi connectivity index (χ4n) is 3.58. The van der Waals surface area contributed by atoms with Crippen LogP contribution in [0.5, 0.6) is 0 Å². The van der Waals surface area contributed by atoms with E-state index in [4.69, 9.17) is 5.73 Å². The molecule has 0 unspecified atom stereocenters. The van der Waals surface area contributed by atoms with Gasteiger partial charge in [-0.15, -0.1) is 0 Å². The van der Waals surface area contributed by atoms with E-state index in [1.165, 1.54) is 12.1 Å². The number of fused-ring (bicyclic) bond motifs is 1. The first-order valence-corrected chi connectivity index (χ1v) is 8.70. The number of hydrogen-bond acceptors (Lipinski definition) is 5. The van der Waals surface area contributed by atoms with Gasteiger partial charge in [0.1, 0.15) is 29.1 Å². The van der Waals surface area contributed by atoms with Crippen LogP contribution in [0.4, 0.5) is 15.9 Å². The molecule has 3 heterocycles. The van der Waals surface area contributed by atoms with Crippen LogP contribution < -0.4 is 10.6 Å². The largest absolute Gasteiger partial charge is 0.383 e. The first-order chi connectivity index (χ1) is 13.0. The van der Waals surface area contributed by atoms with Crippen molar-refractivity contribution in [2.75, 3.05) is 17.2 Å². The molecule has 0 bridgehead atoms. The van der Waals surface area contributed by atoms with Crippen LogP contribution in [0.15, 0.2) is 30.5 Å².